The highest BCUT2D eigenvalue weighted by Gasteiger charge is 2.21. The molecule has 0 bridgehead atoms. The summed E-state index contributed by atoms with van der Waals surface area (Å²) in [6.07, 6.45) is 2.51. The van der Waals surface area contributed by atoms with Crippen molar-refractivity contribution in [1.29, 1.82) is 0 Å². The molecule has 0 unspecified atom stereocenters. The second-order valence-electron chi connectivity index (χ2n) is 3.77. The van der Waals surface area contributed by atoms with E-state index in [9.17, 15) is 4.79 Å². The SMILES string of the molecule is Nc1nonc1C(=O)NCCOCC1CC1. The van der Waals surface area contributed by atoms with E-state index >= 15 is 0 Å². The van der Waals surface area contributed by atoms with Gasteiger partial charge in [0.1, 0.15) is 0 Å². The number of ether oxygens (including phenoxy) is 1. The van der Waals surface area contributed by atoms with Crippen LogP contribution in [0.4, 0.5) is 5.82 Å². The van der Waals surface area contributed by atoms with Gasteiger partial charge in [0.2, 0.25) is 11.5 Å². The van der Waals surface area contributed by atoms with Crippen LogP contribution in [0, 0.1) is 5.92 Å². The van der Waals surface area contributed by atoms with E-state index < -0.39 is 5.91 Å². The molecule has 1 fully saturated rings. The van der Waals surface area contributed by atoms with Crippen molar-refractivity contribution < 1.29 is 14.2 Å². The predicted molar refractivity (Wildman–Crippen MR) is 54.6 cm³/mol. The van der Waals surface area contributed by atoms with Crippen molar-refractivity contribution in [2.24, 2.45) is 5.92 Å². The van der Waals surface area contributed by atoms with Gasteiger partial charge in [0.15, 0.2) is 0 Å². The fourth-order valence-corrected chi connectivity index (χ4v) is 1.21. The number of anilines is 1. The first-order chi connectivity index (χ1) is 7.77. The summed E-state index contributed by atoms with van der Waals surface area (Å²) in [6.45, 7) is 1.70. The number of hydrogen-bond acceptors (Lipinski definition) is 6. The first-order valence-electron chi connectivity index (χ1n) is 5.21. The second-order valence-corrected chi connectivity index (χ2v) is 3.77. The molecule has 0 saturated heterocycles. The van der Waals surface area contributed by atoms with Crippen LogP contribution in [0.2, 0.25) is 0 Å². The number of aromatic nitrogens is 2. The van der Waals surface area contributed by atoms with Gasteiger partial charge < -0.3 is 15.8 Å². The molecule has 1 aliphatic carbocycles. The molecule has 88 valence electrons. The number of nitrogen functional groups attached to an aromatic ring is 1. The van der Waals surface area contributed by atoms with Gasteiger partial charge >= 0.3 is 0 Å². The molecule has 16 heavy (non-hydrogen) atoms. The molecule has 1 aromatic rings. The van der Waals surface area contributed by atoms with E-state index in [0.29, 0.717) is 13.2 Å². The van der Waals surface area contributed by atoms with Crippen LogP contribution in [0.1, 0.15) is 23.3 Å². The van der Waals surface area contributed by atoms with Gasteiger partial charge in [-0.15, -0.1) is 0 Å². The third kappa shape index (κ3) is 2.93. The number of nitrogens with zero attached hydrogens (tertiary/aromatic N) is 2. The zero-order valence-corrected chi connectivity index (χ0v) is 8.81. The minimum absolute atomic E-state index is 0.00333. The summed E-state index contributed by atoms with van der Waals surface area (Å²) in [6, 6.07) is 0. The number of rotatable bonds is 6. The molecule has 0 aromatic carbocycles. The maximum atomic E-state index is 11.4. The van der Waals surface area contributed by atoms with Crippen LogP contribution in [0.25, 0.3) is 0 Å². The Morgan fingerprint density at radius 1 is 1.56 bits per heavy atom. The lowest BCUT2D eigenvalue weighted by molar-refractivity contribution is 0.0898. The van der Waals surface area contributed by atoms with Crippen LogP contribution in [0.3, 0.4) is 0 Å². The van der Waals surface area contributed by atoms with Crippen molar-refractivity contribution in [3.05, 3.63) is 5.69 Å². The fraction of sp³-hybridized carbons (Fsp3) is 0.667. The Bertz CT molecular complexity index is 361. The zero-order valence-electron chi connectivity index (χ0n) is 8.81. The molecule has 0 spiro atoms. The smallest absolute Gasteiger partial charge is 0.277 e. The van der Waals surface area contributed by atoms with E-state index in [1.165, 1.54) is 12.8 Å². The molecule has 3 N–H and O–H groups in total. The average Bonchev–Trinajstić information content (AvgIpc) is 2.99. The molecular formula is C9H14N4O3. The largest absolute Gasteiger partial charge is 0.379 e. The lowest BCUT2D eigenvalue weighted by Crippen LogP contribution is -2.28. The summed E-state index contributed by atoms with van der Waals surface area (Å²) < 4.78 is 9.67. The Kier molecular flexibility index (Phi) is 3.35. The zero-order chi connectivity index (χ0) is 11.4. The highest BCUT2D eigenvalue weighted by molar-refractivity contribution is 5.95. The summed E-state index contributed by atoms with van der Waals surface area (Å²) in [5, 5.41) is 9.32. The molecule has 2 rings (SSSR count). The molecule has 1 aliphatic rings. The average molecular weight is 226 g/mol. The molecule has 1 amide bonds. The van der Waals surface area contributed by atoms with Crippen molar-refractivity contribution in [1.82, 2.24) is 15.6 Å². The van der Waals surface area contributed by atoms with Gasteiger partial charge in [-0.05, 0) is 29.1 Å². The van der Waals surface area contributed by atoms with Crippen molar-refractivity contribution >= 4 is 11.7 Å². The molecule has 1 saturated carbocycles. The van der Waals surface area contributed by atoms with Gasteiger partial charge in [0, 0.05) is 13.2 Å². The topological polar surface area (TPSA) is 103 Å². The molecule has 0 aliphatic heterocycles. The third-order valence-corrected chi connectivity index (χ3v) is 2.31. The Hall–Kier alpha value is -1.63. The lowest BCUT2D eigenvalue weighted by Gasteiger charge is -2.03. The normalized spacial score (nSPS) is 15.0. The van der Waals surface area contributed by atoms with E-state index in [2.05, 4.69) is 20.3 Å². The fourth-order valence-electron chi connectivity index (χ4n) is 1.21. The first-order valence-corrected chi connectivity index (χ1v) is 5.21. The summed E-state index contributed by atoms with van der Waals surface area (Å²) in [4.78, 5) is 11.4. The summed E-state index contributed by atoms with van der Waals surface area (Å²) in [5.41, 5.74) is 5.38. The van der Waals surface area contributed by atoms with Gasteiger partial charge in [-0.2, -0.15) is 0 Å². The lowest BCUT2D eigenvalue weighted by atomic mass is 10.4. The highest BCUT2D eigenvalue weighted by Crippen LogP contribution is 2.28. The number of hydrogen-bond donors (Lipinski definition) is 2. The van der Waals surface area contributed by atoms with Crippen molar-refractivity contribution in [3.8, 4) is 0 Å². The Morgan fingerprint density at radius 3 is 3.00 bits per heavy atom. The number of carbonyl (C=O) groups excluding carboxylic acids is 1. The van der Waals surface area contributed by atoms with Gasteiger partial charge in [-0.1, -0.05) is 0 Å². The Labute approximate surface area is 92.3 Å². The molecule has 7 nitrogen and oxygen atoms in total. The van der Waals surface area contributed by atoms with Crippen LogP contribution >= 0.6 is 0 Å². The first kappa shape index (κ1) is 10.9. The van der Waals surface area contributed by atoms with Crippen LogP contribution in [-0.4, -0.2) is 36.0 Å². The molecule has 0 radical (unpaired) electrons. The van der Waals surface area contributed by atoms with Crippen LogP contribution in [0.15, 0.2) is 4.63 Å². The van der Waals surface area contributed by atoms with Gasteiger partial charge in [0.25, 0.3) is 5.91 Å². The van der Waals surface area contributed by atoms with Crippen LogP contribution < -0.4 is 11.1 Å². The molecule has 7 heteroatoms. The van der Waals surface area contributed by atoms with Gasteiger partial charge in [0.05, 0.1) is 6.61 Å². The molecular weight excluding hydrogens is 212 g/mol. The summed E-state index contributed by atoms with van der Waals surface area (Å²) >= 11 is 0. The number of amides is 1. The third-order valence-electron chi connectivity index (χ3n) is 2.31. The van der Waals surface area contributed by atoms with Crippen molar-refractivity contribution in [2.75, 3.05) is 25.5 Å². The van der Waals surface area contributed by atoms with E-state index in [1.807, 2.05) is 0 Å². The predicted octanol–water partition coefficient (Wildman–Crippen LogP) is -0.192. The quantitative estimate of drug-likeness (QED) is 0.651. The molecule has 0 atom stereocenters. The summed E-state index contributed by atoms with van der Waals surface area (Å²) in [7, 11) is 0. The van der Waals surface area contributed by atoms with Crippen LogP contribution in [-0.2, 0) is 4.74 Å². The van der Waals surface area contributed by atoms with Crippen molar-refractivity contribution in [3.63, 3.8) is 0 Å². The maximum absolute atomic E-state index is 11.4. The Balaban J connectivity index is 1.61. The monoisotopic (exact) mass is 226 g/mol. The number of nitrogens with one attached hydrogen (secondary N) is 1. The highest BCUT2D eigenvalue weighted by atomic mass is 16.6. The van der Waals surface area contributed by atoms with Gasteiger partial charge in [-0.25, -0.2) is 4.63 Å². The molecule has 1 aromatic heterocycles. The van der Waals surface area contributed by atoms with Gasteiger partial charge in [-0.3, -0.25) is 4.79 Å². The van der Waals surface area contributed by atoms with Crippen LogP contribution in [0.5, 0.6) is 0 Å². The maximum Gasteiger partial charge on any atom is 0.277 e. The second kappa shape index (κ2) is 4.93. The number of nitrogens with two attached hydrogens (primary N) is 1. The van der Waals surface area contributed by atoms with E-state index in [0.717, 1.165) is 12.5 Å². The standard InChI is InChI=1S/C9H14N4O3/c10-8-7(12-16-13-8)9(14)11-3-4-15-5-6-1-2-6/h6H,1-5H2,(H2,10,13)(H,11,14). The summed E-state index contributed by atoms with van der Waals surface area (Å²) in [5.74, 6) is 0.330. The molecule has 1 heterocycles. The van der Waals surface area contributed by atoms with E-state index in [4.69, 9.17) is 10.5 Å². The van der Waals surface area contributed by atoms with E-state index in [1.54, 1.807) is 0 Å². The van der Waals surface area contributed by atoms with E-state index in [-0.39, 0.29) is 11.5 Å². The van der Waals surface area contributed by atoms with Crippen molar-refractivity contribution in [2.45, 2.75) is 12.8 Å². The Morgan fingerprint density at radius 2 is 2.38 bits per heavy atom. The number of carbonyl (C=O) groups is 1. The minimum Gasteiger partial charge on any atom is -0.379 e. The minimum atomic E-state index is -0.395.